The fourth-order valence-electron chi connectivity index (χ4n) is 1.31. The van der Waals surface area contributed by atoms with Gasteiger partial charge in [-0.1, -0.05) is 13.0 Å². The van der Waals surface area contributed by atoms with Crippen LogP contribution in [-0.2, 0) is 11.2 Å². The highest BCUT2D eigenvalue weighted by Gasteiger charge is 2.10. The van der Waals surface area contributed by atoms with Gasteiger partial charge in [-0.15, -0.1) is 0 Å². The molecule has 0 aliphatic carbocycles. The molecular formula is C11H15NO2. The van der Waals surface area contributed by atoms with Crippen LogP contribution in [0.5, 0.6) is 0 Å². The molecular weight excluding hydrogens is 178 g/mol. The van der Waals surface area contributed by atoms with E-state index in [1.165, 1.54) is 7.11 Å². The van der Waals surface area contributed by atoms with Gasteiger partial charge < -0.3 is 10.1 Å². The molecule has 0 heterocycles. The molecule has 0 aliphatic heterocycles. The van der Waals surface area contributed by atoms with Crippen molar-refractivity contribution < 1.29 is 9.53 Å². The van der Waals surface area contributed by atoms with Crippen LogP contribution >= 0.6 is 0 Å². The van der Waals surface area contributed by atoms with Gasteiger partial charge in [0, 0.05) is 12.7 Å². The van der Waals surface area contributed by atoms with Crippen LogP contribution < -0.4 is 5.32 Å². The van der Waals surface area contributed by atoms with E-state index in [1.54, 1.807) is 7.05 Å². The van der Waals surface area contributed by atoms with E-state index in [0.29, 0.717) is 5.56 Å². The zero-order valence-corrected chi connectivity index (χ0v) is 8.76. The van der Waals surface area contributed by atoms with Crippen molar-refractivity contribution in [1.29, 1.82) is 0 Å². The third-order valence-corrected chi connectivity index (χ3v) is 2.17. The van der Waals surface area contributed by atoms with Crippen LogP contribution in [0.4, 0.5) is 5.69 Å². The van der Waals surface area contributed by atoms with Crippen LogP contribution in [0.1, 0.15) is 22.8 Å². The molecule has 3 heteroatoms. The fraction of sp³-hybridized carbons (Fsp3) is 0.364. The average molecular weight is 193 g/mol. The summed E-state index contributed by atoms with van der Waals surface area (Å²) in [6.07, 6.45) is 0.911. The van der Waals surface area contributed by atoms with Gasteiger partial charge in [0.25, 0.3) is 0 Å². The highest BCUT2D eigenvalue weighted by molar-refractivity contribution is 5.95. The van der Waals surface area contributed by atoms with E-state index in [2.05, 4.69) is 12.2 Å². The number of methoxy groups -OCH3 is 1. The number of benzene rings is 1. The monoisotopic (exact) mass is 193 g/mol. The highest BCUT2D eigenvalue weighted by Crippen LogP contribution is 2.18. The van der Waals surface area contributed by atoms with E-state index in [-0.39, 0.29) is 5.97 Å². The first-order valence-electron chi connectivity index (χ1n) is 4.62. The normalized spacial score (nSPS) is 9.64. The largest absolute Gasteiger partial charge is 0.465 e. The summed E-state index contributed by atoms with van der Waals surface area (Å²) >= 11 is 0. The summed E-state index contributed by atoms with van der Waals surface area (Å²) in [4.78, 5) is 11.4. The summed E-state index contributed by atoms with van der Waals surface area (Å²) < 4.78 is 4.70. The molecule has 1 rings (SSSR count). The van der Waals surface area contributed by atoms with Gasteiger partial charge in [-0.2, -0.15) is 0 Å². The lowest BCUT2D eigenvalue weighted by Gasteiger charge is -2.08. The van der Waals surface area contributed by atoms with Crippen LogP contribution in [0, 0.1) is 0 Å². The zero-order chi connectivity index (χ0) is 10.6. The smallest absolute Gasteiger partial charge is 0.339 e. The number of hydrogen-bond donors (Lipinski definition) is 1. The lowest BCUT2D eigenvalue weighted by atomic mass is 10.1. The predicted molar refractivity (Wildman–Crippen MR) is 56.7 cm³/mol. The van der Waals surface area contributed by atoms with Gasteiger partial charge in [-0.25, -0.2) is 4.79 Å². The average Bonchev–Trinajstić information content (AvgIpc) is 2.27. The number of anilines is 1. The van der Waals surface area contributed by atoms with Gasteiger partial charge in [-0.3, -0.25) is 0 Å². The summed E-state index contributed by atoms with van der Waals surface area (Å²) in [5.41, 5.74) is 2.52. The maximum atomic E-state index is 11.4. The van der Waals surface area contributed by atoms with Gasteiger partial charge in [0.1, 0.15) is 0 Å². The molecule has 0 atom stereocenters. The van der Waals surface area contributed by atoms with E-state index in [0.717, 1.165) is 17.7 Å². The Hall–Kier alpha value is -1.51. The number of ether oxygens (including phenoxy) is 1. The minimum absolute atomic E-state index is 0.301. The zero-order valence-electron chi connectivity index (χ0n) is 8.76. The number of rotatable bonds is 3. The number of esters is 1. The van der Waals surface area contributed by atoms with E-state index in [9.17, 15) is 4.79 Å². The van der Waals surface area contributed by atoms with Gasteiger partial charge in [0.05, 0.1) is 12.7 Å². The van der Waals surface area contributed by atoms with Crippen molar-refractivity contribution in [3.63, 3.8) is 0 Å². The fourth-order valence-corrected chi connectivity index (χ4v) is 1.31. The molecule has 76 valence electrons. The van der Waals surface area contributed by atoms with Gasteiger partial charge in [-0.05, 0) is 24.1 Å². The maximum Gasteiger partial charge on any atom is 0.339 e. The Morgan fingerprint density at radius 3 is 2.71 bits per heavy atom. The Morgan fingerprint density at radius 2 is 2.21 bits per heavy atom. The molecule has 0 saturated heterocycles. The summed E-state index contributed by atoms with van der Waals surface area (Å²) in [5, 5.41) is 2.96. The second kappa shape index (κ2) is 4.65. The molecule has 3 nitrogen and oxygen atoms in total. The Labute approximate surface area is 84.1 Å². The molecule has 14 heavy (non-hydrogen) atoms. The van der Waals surface area contributed by atoms with Crippen molar-refractivity contribution in [3.05, 3.63) is 29.3 Å². The first kappa shape index (κ1) is 10.6. The van der Waals surface area contributed by atoms with Crippen LogP contribution in [-0.4, -0.2) is 20.1 Å². The number of carbonyl (C=O) groups excluding carboxylic acids is 1. The molecule has 0 spiro atoms. The standard InChI is InChI=1S/C11H15NO2/c1-4-8-5-6-10(12-2)9(7-8)11(13)14-3/h5-7,12H,4H2,1-3H3. The lowest BCUT2D eigenvalue weighted by molar-refractivity contribution is 0.0601. The summed E-state index contributed by atoms with van der Waals surface area (Å²) in [6.45, 7) is 2.05. The molecule has 1 N–H and O–H groups in total. The van der Waals surface area contributed by atoms with Crippen LogP contribution in [0.25, 0.3) is 0 Å². The van der Waals surface area contributed by atoms with Crippen molar-refractivity contribution in [2.45, 2.75) is 13.3 Å². The van der Waals surface area contributed by atoms with Crippen LogP contribution in [0.2, 0.25) is 0 Å². The van der Waals surface area contributed by atoms with Crippen molar-refractivity contribution in [2.24, 2.45) is 0 Å². The van der Waals surface area contributed by atoms with Gasteiger partial charge in [0.2, 0.25) is 0 Å². The Morgan fingerprint density at radius 1 is 1.50 bits per heavy atom. The van der Waals surface area contributed by atoms with Crippen molar-refractivity contribution >= 4 is 11.7 Å². The Balaban J connectivity index is 3.14. The first-order chi connectivity index (χ1) is 6.72. The SMILES string of the molecule is CCc1ccc(NC)c(C(=O)OC)c1. The van der Waals surface area contributed by atoms with E-state index in [1.807, 2.05) is 18.2 Å². The van der Waals surface area contributed by atoms with Crippen molar-refractivity contribution in [3.8, 4) is 0 Å². The summed E-state index contributed by atoms with van der Waals surface area (Å²) in [7, 11) is 3.17. The molecule has 1 aromatic rings. The maximum absolute atomic E-state index is 11.4. The number of nitrogens with one attached hydrogen (secondary N) is 1. The van der Waals surface area contributed by atoms with Crippen molar-refractivity contribution in [2.75, 3.05) is 19.5 Å². The van der Waals surface area contributed by atoms with Crippen LogP contribution in [0.15, 0.2) is 18.2 Å². The lowest BCUT2D eigenvalue weighted by Crippen LogP contribution is -2.06. The Bertz CT molecular complexity index is 334. The quantitative estimate of drug-likeness (QED) is 0.747. The van der Waals surface area contributed by atoms with Gasteiger partial charge in [0.15, 0.2) is 0 Å². The minimum Gasteiger partial charge on any atom is -0.465 e. The van der Waals surface area contributed by atoms with Crippen LogP contribution in [0.3, 0.4) is 0 Å². The van der Waals surface area contributed by atoms with E-state index >= 15 is 0 Å². The predicted octanol–water partition coefficient (Wildman–Crippen LogP) is 2.08. The molecule has 0 radical (unpaired) electrons. The minimum atomic E-state index is -0.301. The second-order valence-electron chi connectivity index (χ2n) is 2.98. The molecule has 0 fully saturated rings. The Kier molecular flexibility index (Phi) is 3.51. The topological polar surface area (TPSA) is 38.3 Å². The third-order valence-electron chi connectivity index (χ3n) is 2.17. The van der Waals surface area contributed by atoms with Crippen molar-refractivity contribution in [1.82, 2.24) is 0 Å². The molecule has 1 aromatic carbocycles. The number of carbonyl (C=O) groups is 1. The number of aryl methyl sites for hydroxylation is 1. The van der Waals surface area contributed by atoms with E-state index in [4.69, 9.17) is 4.74 Å². The molecule has 0 amide bonds. The molecule has 0 aliphatic rings. The summed E-state index contributed by atoms with van der Waals surface area (Å²) in [5.74, 6) is -0.301. The van der Waals surface area contributed by atoms with Gasteiger partial charge >= 0.3 is 5.97 Å². The third kappa shape index (κ3) is 2.05. The molecule has 0 saturated carbocycles. The highest BCUT2D eigenvalue weighted by atomic mass is 16.5. The molecule has 0 bridgehead atoms. The molecule has 0 aromatic heterocycles. The molecule has 0 unspecified atom stereocenters. The second-order valence-corrected chi connectivity index (χ2v) is 2.98. The number of hydrogen-bond acceptors (Lipinski definition) is 3. The first-order valence-corrected chi connectivity index (χ1v) is 4.62. The summed E-state index contributed by atoms with van der Waals surface area (Å²) in [6, 6.07) is 5.75. The van der Waals surface area contributed by atoms with E-state index < -0.39 is 0 Å².